The van der Waals surface area contributed by atoms with E-state index in [0.717, 1.165) is 37.7 Å². The molecule has 166 valence electrons. The lowest BCUT2D eigenvalue weighted by Crippen LogP contribution is -2.49. The number of carbonyl (C=O) groups excluding carboxylic acids is 1. The molecule has 0 bridgehead atoms. The maximum Gasteiger partial charge on any atom is 0.256 e. The maximum atomic E-state index is 13.5. The number of aliphatic hydroxyl groups is 1. The van der Waals surface area contributed by atoms with Crippen LogP contribution in [0.4, 0.5) is 0 Å². The smallest absolute Gasteiger partial charge is 0.256 e. The first-order valence-corrected chi connectivity index (χ1v) is 11.2. The minimum absolute atomic E-state index is 0.0656. The third-order valence-corrected chi connectivity index (χ3v) is 6.61. The zero-order valence-corrected chi connectivity index (χ0v) is 18.1. The Hall–Kier alpha value is -3.26. The van der Waals surface area contributed by atoms with Crippen LogP contribution < -0.4 is 4.74 Å². The second-order valence-corrected chi connectivity index (χ2v) is 8.73. The van der Waals surface area contributed by atoms with Crippen molar-refractivity contribution >= 4 is 5.91 Å². The lowest BCUT2D eigenvalue weighted by atomic mass is 9.75. The molecule has 8 nitrogen and oxygen atoms in total. The van der Waals surface area contributed by atoms with Crippen molar-refractivity contribution in [2.45, 2.75) is 56.8 Å². The van der Waals surface area contributed by atoms with Gasteiger partial charge in [-0.15, -0.1) is 0 Å². The topological polar surface area (TPSA) is 93.4 Å². The Labute approximate surface area is 186 Å². The summed E-state index contributed by atoms with van der Waals surface area (Å²) in [5, 5.41) is 19.0. The number of likely N-dealkylation sites (tertiary alicyclic amines) is 1. The number of pyridine rings is 1. The molecule has 1 saturated carbocycles. The molecule has 0 unspecified atom stereocenters. The molecule has 1 amide bonds. The molecular formula is C24H27N5O3. The second kappa shape index (κ2) is 8.35. The molecule has 8 heteroatoms. The van der Waals surface area contributed by atoms with Gasteiger partial charge in [0.1, 0.15) is 6.10 Å². The predicted octanol–water partition coefficient (Wildman–Crippen LogP) is 3.11. The van der Waals surface area contributed by atoms with Crippen LogP contribution in [0.1, 0.15) is 54.9 Å². The van der Waals surface area contributed by atoms with Crippen molar-refractivity contribution < 1.29 is 14.6 Å². The van der Waals surface area contributed by atoms with Gasteiger partial charge in [-0.2, -0.15) is 15.0 Å². The largest absolute Gasteiger partial charge is 0.472 e. The molecule has 32 heavy (non-hydrogen) atoms. The summed E-state index contributed by atoms with van der Waals surface area (Å²) in [4.78, 5) is 21.2. The molecule has 2 atom stereocenters. The first-order chi connectivity index (χ1) is 15.5. The highest BCUT2D eigenvalue weighted by Crippen LogP contribution is 2.41. The van der Waals surface area contributed by atoms with Gasteiger partial charge in [0.2, 0.25) is 5.88 Å². The number of piperidine rings is 1. The summed E-state index contributed by atoms with van der Waals surface area (Å²) in [6.45, 7) is 2.53. The third kappa shape index (κ3) is 3.86. The van der Waals surface area contributed by atoms with Gasteiger partial charge in [0.15, 0.2) is 0 Å². The Morgan fingerprint density at radius 3 is 2.66 bits per heavy atom. The van der Waals surface area contributed by atoms with Crippen LogP contribution in [-0.4, -0.2) is 54.6 Å². The van der Waals surface area contributed by atoms with Gasteiger partial charge in [-0.1, -0.05) is 12.1 Å². The zero-order chi connectivity index (χ0) is 22.1. The molecule has 3 heterocycles. The summed E-state index contributed by atoms with van der Waals surface area (Å²) in [7, 11) is 0. The molecule has 1 N–H and O–H groups in total. The van der Waals surface area contributed by atoms with E-state index in [1.165, 1.54) is 4.80 Å². The van der Waals surface area contributed by atoms with Crippen molar-refractivity contribution in [3.05, 3.63) is 66.1 Å². The lowest BCUT2D eigenvalue weighted by Gasteiger charge is -2.38. The first kappa shape index (κ1) is 20.6. The fourth-order valence-corrected chi connectivity index (χ4v) is 4.51. The molecule has 2 aromatic heterocycles. The summed E-state index contributed by atoms with van der Waals surface area (Å²) in [5.74, 6) is 0.431. The number of benzene rings is 1. The molecular weight excluding hydrogens is 406 g/mol. The Morgan fingerprint density at radius 1 is 1.12 bits per heavy atom. The zero-order valence-electron chi connectivity index (χ0n) is 18.1. The van der Waals surface area contributed by atoms with Crippen LogP contribution in [0.5, 0.6) is 5.88 Å². The number of rotatable bonds is 5. The highest BCUT2D eigenvalue weighted by atomic mass is 16.5. The number of carbonyl (C=O) groups is 1. The van der Waals surface area contributed by atoms with Crippen molar-refractivity contribution in [2.75, 3.05) is 6.54 Å². The van der Waals surface area contributed by atoms with Gasteiger partial charge in [0.05, 0.1) is 35.8 Å². The number of hydrogen-bond acceptors (Lipinski definition) is 6. The molecule has 2 aliphatic rings. The van der Waals surface area contributed by atoms with Gasteiger partial charge >= 0.3 is 0 Å². The van der Waals surface area contributed by atoms with Crippen LogP contribution in [0.25, 0.3) is 5.69 Å². The van der Waals surface area contributed by atoms with Gasteiger partial charge in [0.25, 0.3) is 5.91 Å². The lowest BCUT2D eigenvalue weighted by molar-refractivity contribution is -0.0392. The maximum absolute atomic E-state index is 13.5. The van der Waals surface area contributed by atoms with Crippen molar-refractivity contribution in [1.82, 2.24) is 24.9 Å². The van der Waals surface area contributed by atoms with Crippen LogP contribution in [0.15, 0.2) is 55.0 Å². The molecule has 5 rings (SSSR count). The van der Waals surface area contributed by atoms with E-state index in [1.54, 1.807) is 18.6 Å². The number of para-hydroxylation sites is 1. The van der Waals surface area contributed by atoms with E-state index in [1.807, 2.05) is 41.3 Å². The third-order valence-electron chi connectivity index (χ3n) is 6.61. The Bertz CT molecular complexity index is 1100. The van der Waals surface area contributed by atoms with Crippen LogP contribution in [0, 0.1) is 0 Å². The number of hydrogen-bond donors (Lipinski definition) is 1. The van der Waals surface area contributed by atoms with Gasteiger partial charge in [0, 0.05) is 18.3 Å². The Kier molecular flexibility index (Phi) is 5.38. The summed E-state index contributed by atoms with van der Waals surface area (Å²) >= 11 is 0. The predicted molar refractivity (Wildman–Crippen MR) is 117 cm³/mol. The number of amides is 1. The van der Waals surface area contributed by atoms with Gasteiger partial charge in [-0.05, 0) is 62.8 Å². The van der Waals surface area contributed by atoms with E-state index in [2.05, 4.69) is 22.1 Å². The van der Waals surface area contributed by atoms with Gasteiger partial charge in [-0.3, -0.25) is 4.79 Å². The standard InChI is InChI=1S/C24H27N5O3/c1-17-7-8-19(32-22-15-18(9-12-25-22)24(31)10-4-11-24)16-28(17)23(30)20-5-2-3-6-21(20)29-26-13-14-27-29/h2-3,5-6,9,12-15,17,19,31H,4,7-8,10-11,16H2,1H3/t17-,19-/m1/s1. The summed E-state index contributed by atoms with van der Waals surface area (Å²) in [6.07, 6.45) is 8.94. The monoisotopic (exact) mass is 433 g/mol. The summed E-state index contributed by atoms with van der Waals surface area (Å²) in [6, 6.07) is 11.2. The van der Waals surface area contributed by atoms with Crippen LogP contribution in [-0.2, 0) is 5.60 Å². The van der Waals surface area contributed by atoms with Crippen molar-refractivity contribution in [1.29, 1.82) is 0 Å². The SMILES string of the molecule is C[C@@H]1CC[C@@H](Oc2cc(C3(O)CCC3)ccn2)CN1C(=O)c1ccccc1-n1nccn1. The molecule has 0 radical (unpaired) electrons. The molecule has 1 aromatic carbocycles. The molecule has 2 fully saturated rings. The van der Waals surface area contributed by atoms with E-state index >= 15 is 0 Å². The first-order valence-electron chi connectivity index (χ1n) is 11.2. The van der Waals surface area contributed by atoms with Crippen molar-refractivity contribution in [3.63, 3.8) is 0 Å². The van der Waals surface area contributed by atoms with Crippen LogP contribution in [0.3, 0.4) is 0 Å². The normalized spacial score (nSPS) is 22.2. The van der Waals surface area contributed by atoms with Crippen molar-refractivity contribution in [2.24, 2.45) is 0 Å². The van der Waals surface area contributed by atoms with E-state index in [0.29, 0.717) is 23.7 Å². The minimum atomic E-state index is -0.756. The van der Waals surface area contributed by atoms with E-state index in [4.69, 9.17) is 4.74 Å². The van der Waals surface area contributed by atoms with Gasteiger partial charge in [-0.25, -0.2) is 4.98 Å². The van der Waals surface area contributed by atoms with E-state index in [9.17, 15) is 9.90 Å². The number of ether oxygens (including phenoxy) is 1. The minimum Gasteiger partial charge on any atom is -0.472 e. The molecule has 1 aliphatic heterocycles. The van der Waals surface area contributed by atoms with Crippen molar-refractivity contribution in [3.8, 4) is 11.6 Å². The molecule has 3 aromatic rings. The summed E-state index contributed by atoms with van der Waals surface area (Å²) in [5.41, 5.74) is 1.31. The quantitative estimate of drug-likeness (QED) is 0.665. The highest BCUT2D eigenvalue weighted by molar-refractivity contribution is 5.98. The molecule has 0 spiro atoms. The number of aromatic nitrogens is 4. The fourth-order valence-electron chi connectivity index (χ4n) is 4.51. The highest BCUT2D eigenvalue weighted by Gasteiger charge is 2.37. The van der Waals surface area contributed by atoms with E-state index < -0.39 is 5.60 Å². The average Bonchev–Trinajstić information content (AvgIpc) is 3.33. The van der Waals surface area contributed by atoms with Crippen LogP contribution in [0.2, 0.25) is 0 Å². The van der Waals surface area contributed by atoms with E-state index in [-0.39, 0.29) is 18.1 Å². The fraction of sp³-hybridized carbons (Fsp3) is 0.417. The molecule has 1 aliphatic carbocycles. The second-order valence-electron chi connectivity index (χ2n) is 8.73. The van der Waals surface area contributed by atoms with Crippen LogP contribution >= 0.6 is 0 Å². The molecule has 1 saturated heterocycles. The number of nitrogens with zero attached hydrogens (tertiary/aromatic N) is 5. The average molecular weight is 434 g/mol. The Morgan fingerprint density at radius 2 is 1.91 bits per heavy atom. The summed E-state index contributed by atoms with van der Waals surface area (Å²) < 4.78 is 6.18. The van der Waals surface area contributed by atoms with Gasteiger partial charge < -0.3 is 14.7 Å². The Balaban J connectivity index is 1.34.